The number of phenolic OH excluding ortho intramolecular Hbond substituents is 1. The van der Waals surface area contributed by atoms with E-state index in [4.69, 9.17) is 24.9 Å². The predicted octanol–water partition coefficient (Wildman–Crippen LogP) is 10.0. The van der Waals surface area contributed by atoms with Crippen LogP contribution in [0.3, 0.4) is 0 Å². The van der Waals surface area contributed by atoms with Gasteiger partial charge in [-0.1, -0.05) is 20.8 Å². The number of benzene rings is 3. The van der Waals surface area contributed by atoms with Crippen LogP contribution in [-0.2, 0) is 31.2 Å². The van der Waals surface area contributed by atoms with Crippen LogP contribution in [0, 0.1) is 28.1 Å². The Morgan fingerprint density at radius 2 is 1.67 bits per heavy atom. The molecule has 3 aliphatic heterocycles. The van der Waals surface area contributed by atoms with Crippen molar-refractivity contribution in [1.82, 2.24) is 34.7 Å². The summed E-state index contributed by atoms with van der Waals surface area (Å²) in [5, 5.41) is 30.4. The van der Waals surface area contributed by atoms with E-state index in [-0.39, 0.29) is 46.7 Å². The maximum Gasteiger partial charge on any atom is 0.264 e. The van der Waals surface area contributed by atoms with E-state index in [1.807, 2.05) is 41.3 Å². The Bertz CT molecular complexity index is 2900. The van der Waals surface area contributed by atoms with Crippen molar-refractivity contribution in [2.45, 2.75) is 142 Å². The van der Waals surface area contributed by atoms with Gasteiger partial charge in [-0.15, -0.1) is 0 Å². The van der Waals surface area contributed by atoms with Crippen molar-refractivity contribution < 1.29 is 33.0 Å². The minimum Gasteiger partial charge on any atom is -0.508 e. The lowest BCUT2D eigenvalue weighted by Gasteiger charge is -2.55. The minimum atomic E-state index is -2.64. The average molecular weight is 1040 g/mol. The number of fused-ring (bicyclic) bond motifs is 2. The van der Waals surface area contributed by atoms with Gasteiger partial charge in [0.05, 0.1) is 37.6 Å². The fourth-order valence-electron chi connectivity index (χ4n) is 13.4. The van der Waals surface area contributed by atoms with Crippen molar-refractivity contribution in [3.05, 3.63) is 101 Å². The number of piperidine rings is 1. The summed E-state index contributed by atoms with van der Waals surface area (Å²) in [6.07, 6.45) is 13.6. The third-order valence-electron chi connectivity index (χ3n) is 17.3. The molecule has 1 spiro atoms. The summed E-state index contributed by atoms with van der Waals surface area (Å²) in [5.41, 5.74) is 11.5. The number of hydrogen-bond donors (Lipinski definition) is 3. The third kappa shape index (κ3) is 11.2. The van der Waals surface area contributed by atoms with Crippen molar-refractivity contribution >= 4 is 23.3 Å². The number of nitrogens with two attached hydrogens (primary N) is 1. The van der Waals surface area contributed by atoms with Crippen LogP contribution in [0.15, 0.2) is 67.0 Å². The van der Waals surface area contributed by atoms with Gasteiger partial charge in [0, 0.05) is 105 Å². The van der Waals surface area contributed by atoms with E-state index in [2.05, 4.69) is 51.4 Å². The number of halogens is 2. The van der Waals surface area contributed by atoms with Crippen LogP contribution in [0.1, 0.15) is 143 Å². The van der Waals surface area contributed by atoms with E-state index in [1.54, 1.807) is 37.1 Å². The van der Waals surface area contributed by atoms with Crippen LogP contribution < -0.4 is 25.4 Å². The molecule has 5 aromatic rings. The fourth-order valence-corrected chi connectivity index (χ4v) is 13.4. The molecule has 2 aromatic heterocycles. The Morgan fingerprint density at radius 3 is 2.29 bits per heavy atom. The van der Waals surface area contributed by atoms with E-state index in [0.29, 0.717) is 65.0 Å². The first-order valence-electron chi connectivity index (χ1n) is 27.3. The van der Waals surface area contributed by atoms with E-state index < -0.39 is 6.43 Å². The highest BCUT2D eigenvalue weighted by atomic mass is 19.3. The molecule has 3 aliphatic carbocycles. The first-order valence-corrected chi connectivity index (χ1v) is 27.3. The molecule has 3 aromatic carbocycles. The van der Waals surface area contributed by atoms with Gasteiger partial charge < -0.3 is 40.3 Å². The van der Waals surface area contributed by atoms with Crippen molar-refractivity contribution in [2.24, 2.45) is 29.5 Å². The van der Waals surface area contributed by atoms with Gasteiger partial charge >= 0.3 is 0 Å². The van der Waals surface area contributed by atoms with Crippen LogP contribution in [0.2, 0.25) is 0 Å². The Balaban J connectivity index is 0.000000481. The van der Waals surface area contributed by atoms with Crippen LogP contribution in [0.25, 0.3) is 11.1 Å². The van der Waals surface area contributed by atoms with Gasteiger partial charge in [0.1, 0.15) is 23.3 Å². The lowest BCUT2D eigenvalue weighted by atomic mass is 9.57. The lowest BCUT2D eigenvalue weighted by Crippen LogP contribution is -2.57. The summed E-state index contributed by atoms with van der Waals surface area (Å²) in [5.74, 6) is 2.70. The number of phenols is 1. The molecule has 76 heavy (non-hydrogen) atoms. The van der Waals surface area contributed by atoms with Crippen molar-refractivity contribution in [1.29, 1.82) is 5.26 Å². The normalized spacial score (nSPS) is 23.8. The highest BCUT2D eigenvalue weighted by molar-refractivity contribution is 5.94. The summed E-state index contributed by atoms with van der Waals surface area (Å²) in [6.45, 7) is 12.2. The molecule has 4 N–H and O–H groups in total. The number of methoxy groups -OCH3 is 1. The number of aromatic hydroxyl groups is 1. The number of carbonyl (C=O) groups is 2. The second kappa shape index (κ2) is 22.6. The SMILES string of the molecule is CC(=O)N1CCc2c(c(N3CCCc4cc(-c5cnn(C)c5)c(C(F)F)cc43)nn2C2CCN(C3CC4(CCC(Oc5ccc(C(=O)NC6C(C)CC6(C)C)cc5)CC4)C3)CC2)C1.CN.COc1cc(O)ccc1C#N. The molecule has 6 aliphatic rings. The predicted molar refractivity (Wildman–Crippen MR) is 289 cm³/mol. The largest absolute Gasteiger partial charge is 0.508 e. The molecule has 11 rings (SSSR count). The number of rotatable bonds is 10. The number of aromatic nitrogens is 4. The molecular formula is C59H76F2N10O5. The zero-order valence-electron chi connectivity index (χ0n) is 45.3. The van der Waals surface area contributed by atoms with Crippen molar-refractivity contribution in [3.63, 3.8) is 0 Å². The first-order chi connectivity index (χ1) is 36.5. The average Bonchev–Trinajstić information content (AvgIpc) is 4.04. The molecule has 2 unspecified atom stereocenters. The smallest absolute Gasteiger partial charge is 0.264 e. The number of alkyl halides is 2. The minimum absolute atomic E-state index is 0.00316. The van der Waals surface area contributed by atoms with Crippen molar-refractivity contribution in [3.8, 4) is 34.4 Å². The van der Waals surface area contributed by atoms with Gasteiger partial charge in [-0.2, -0.15) is 15.5 Å². The summed E-state index contributed by atoms with van der Waals surface area (Å²) < 4.78 is 44.7. The molecule has 15 nitrogen and oxygen atoms in total. The van der Waals surface area contributed by atoms with Gasteiger partial charge in [0.2, 0.25) is 5.91 Å². The number of amides is 2. The zero-order valence-corrected chi connectivity index (χ0v) is 45.3. The highest BCUT2D eigenvalue weighted by Crippen LogP contribution is 2.54. The Kier molecular flexibility index (Phi) is 16.1. The second-order valence-electron chi connectivity index (χ2n) is 22.7. The molecule has 5 heterocycles. The number of nitrogens with zero attached hydrogens (tertiary/aromatic N) is 8. The van der Waals surface area contributed by atoms with Gasteiger partial charge in [-0.25, -0.2) is 8.78 Å². The number of likely N-dealkylation sites (tertiary alicyclic amines) is 1. The van der Waals surface area contributed by atoms with Crippen LogP contribution >= 0.6 is 0 Å². The lowest BCUT2D eigenvalue weighted by molar-refractivity contribution is -0.129. The summed E-state index contributed by atoms with van der Waals surface area (Å²) in [4.78, 5) is 32.4. The Labute approximate surface area is 446 Å². The molecule has 3 saturated carbocycles. The maximum atomic E-state index is 14.7. The van der Waals surface area contributed by atoms with Gasteiger partial charge in [0.25, 0.3) is 12.3 Å². The molecule has 2 amide bonds. The van der Waals surface area contributed by atoms with Gasteiger partial charge in [0.15, 0.2) is 5.82 Å². The number of carbonyl (C=O) groups excluding carboxylic acids is 2. The zero-order chi connectivity index (χ0) is 54.1. The Hall–Kier alpha value is -6.51. The number of ether oxygens (including phenoxy) is 2. The number of hydrogen-bond acceptors (Lipinski definition) is 11. The quantitative estimate of drug-likeness (QED) is 0.121. The first kappa shape index (κ1) is 54.3. The molecule has 2 atom stereocenters. The molecular weight excluding hydrogens is 967 g/mol. The number of nitriles is 1. The summed E-state index contributed by atoms with van der Waals surface area (Å²) in [7, 11) is 4.75. The van der Waals surface area contributed by atoms with E-state index in [9.17, 15) is 18.4 Å². The number of anilines is 2. The number of aryl methyl sites for hydroxylation is 2. The Morgan fingerprint density at radius 1 is 0.947 bits per heavy atom. The molecule has 0 bridgehead atoms. The molecule has 406 valence electrons. The van der Waals surface area contributed by atoms with Gasteiger partial charge in [-0.05, 0) is 154 Å². The van der Waals surface area contributed by atoms with Crippen LogP contribution in [0.4, 0.5) is 20.3 Å². The summed E-state index contributed by atoms with van der Waals surface area (Å²) >= 11 is 0. The number of nitrogens with one attached hydrogen (secondary N) is 1. The molecule has 4 fully saturated rings. The standard InChI is InChI=1S/C50H64F2N8O3.C8H7NO2.CH5N/c1-31-25-49(3,4)45(31)54-48(62)33-8-10-38(11-9-33)63-39-12-17-50(18-13-39)26-37(27-50)57-20-14-36(15-21-57)60-43-16-22-58(32(2)61)30-42(43)47(55-60)59-19-6-7-34-23-40(35-28-53-56(5)29-35)41(46(51)52)24-44(34)59;1-11-8-4-7(10)3-2-6(8)5-9;1-2/h8-11,23-24,28-29,31,36-37,39,45-46H,6-7,12-22,25-27,30H2,1-5H3,(H,54,62);2-4,10H,1H3;2H2,1H3. The van der Waals surface area contributed by atoms with E-state index in [1.165, 1.54) is 63.7 Å². The maximum absolute atomic E-state index is 14.7. The van der Waals surface area contributed by atoms with Gasteiger partial charge in [-0.3, -0.25) is 19.0 Å². The van der Waals surface area contributed by atoms with Crippen molar-refractivity contribution in [2.75, 3.05) is 45.2 Å². The van der Waals surface area contributed by atoms with E-state index >= 15 is 0 Å². The van der Waals surface area contributed by atoms with Crippen LogP contribution in [0.5, 0.6) is 17.2 Å². The summed E-state index contributed by atoms with van der Waals surface area (Å²) in [6, 6.07) is 18.7. The monoisotopic (exact) mass is 1040 g/mol. The molecule has 1 saturated heterocycles. The molecule has 0 radical (unpaired) electrons. The fraction of sp³-hybridized carbons (Fsp3) is 0.542. The topological polar surface area (TPSA) is 180 Å². The van der Waals surface area contributed by atoms with E-state index in [0.717, 1.165) is 92.8 Å². The molecule has 17 heteroatoms. The second-order valence-corrected chi connectivity index (χ2v) is 22.7. The third-order valence-corrected chi connectivity index (χ3v) is 17.3. The van der Waals surface area contributed by atoms with Crippen LogP contribution in [-0.4, -0.2) is 105 Å². The highest BCUT2D eigenvalue weighted by Gasteiger charge is 2.49.